The van der Waals surface area contributed by atoms with Crippen LogP contribution in [0.3, 0.4) is 0 Å². The summed E-state index contributed by atoms with van der Waals surface area (Å²) in [7, 11) is 0. The molecule has 3 nitrogen and oxygen atoms in total. The Labute approximate surface area is 121 Å². The number of hydrogen-bond acceptors (Lipinski definition) is 3. The predicted molar refractivity (Wildman–Crippen MR) is 78.8 cm³/mol. The summed E-state index contributed by atoms with van der Waals surface area (Å²) in [5.41, 5.74) is 1.99. The Morgan fingerprint density at radius 3 is 2.55 bits per heavy atom. The standard InChI is InChI=1S/C17H20N2O/c1-2-11-20-14-17-7-9-19(10-8-17)13-16-5-3-15(12-18)4-6-16/h1,3-6,17H,7-11,13-14H2. The Balaban J connectivity index is 1.74. The highest BCUT2D eigenvalue weighted by atomic mass is 16.5. The van der Waals surface area contributed by atoms with Crippen molar-refractivity contribution >= 4 is 0 Å². The van der Waals surface area contributed by atoms with Crippen LogP contribution < -0.4 is 0 Å². The van der Waals surface area contributed by atoms with Gasteiger partial charge in [0.25, 0.3) is 0 Å². The molecule has 20 heavy (non-hydrogen) atoms. The number of nitriles is 1. The van der Waals surface area contributed by atoms with Crippen molar-refractivity contribution < 1.29 is 4.74 Å². The second kappa shape index (κ2) is 7.70. The van der Waals surface area contributed by atoms with Crippen LogP contribution in [0.2, 0.25) is 0 Å². The fourth-order valence-electron chi connectivity index (χ4n) is 2.54. The number of ether oxygens (including phenoxy) is 1. The lowest BCUT2D eigenvalue weighted by Crippen LogP contribution is -2.34. The van der Waals surface area contributed by atoms with Crippen LogP contribution >= 0.6 is 0 Å². The second-order valence-electron chi connectivity index (χ2n) is 5.25. The van der Waals surface area contributed by atoms with Gasteiger partial charge in [0.1, 0.15) is 6.61 Å². The van der Waals surface area contributed by atoms with Gasteiger partial charge in [-0.25, -0.2) is 0 Å². The lowest BCUT2D eigenvalue weighted by atomic mass is 9.97. The summed E-state index contributed by atoms with van der Waals surface area (Å²) in [5, 5.41) is 8.78. The number of nitrogens with zero attached hydrogens (tertiary/aromatic N) is 2. The van der Waals surface area contributed by atoms with E-state index in [4.69, 9.17) is 16.4 Å². The maximum absolute atomic E-state index is 8.78. The van der Waals surface area contributed by atoms with E-state index in [1.807, 2.05) is 24.3 Å². The van der Waals surface area contributed by atoms with Crippen LogP contribution in [0.1, 0.15) is 24.0 Å². The van der Waals surface area contributed by atoms with E-state index in [9.17, 15) is 0 Å². The van der Waals surface area contributed by atoms with Crippen molar-refractivity contribution in [3.63, 3.8) is 0 Å². The number of rotatable bonds is 5. The van der Waals surface area contributed by atoms with E-state index in [1.54, 1.807) is 0 Å². The van der Waals surface area contributed by atoms with Crippen LogP contribution in [0.15, 0.2) is 24.3 Å². The van der Waals surface area contributed by atoms with Gasteiger partial charge in [0, 0.05) is 6.54 Å². The van der Waals surface area contributed by atoms with Gasteiger partial charge in [-0.15, -0.1) is 6.42 Å². The molecule has 1 aliphatic rings. The van der Waals surface area contributed by atoms with Crippen molar-refractivity contribution in [2.24, 2.45) is 5.92 Å². The molecule has 1 aromatic carbocycles. The molecule has 0 unspecified atom stereocenters. The smallest absolute Gasteiger partial charge is 0.107 e. The first-order valence-corrected chi connectivity index (χ1v) is 7.04. The summed E-state index contributed by atoms with van der Waals surface area (Å²) in [6.07, 6.45) is 7.50. The van der Waals surface area contributed by atoms with Gasteiger partial charge in [-0.1, -0.05) is 18.1 Å². The first-order valence-electron chi connectivity index (χ1n) is 7.04. The Bertz CT molecular complexity index is 487. The average molecular weight is 268 g/mol. The van der Waals surface area contributed by atoms with Crippen LogP contribution in [-0.4, -0.2) is 31.2 Å². The summed E-state index contributed by atoms with van der Waals surface area (Å²) >= 11 is 0. The van der Waals surface area contributed by atoms with E-state index in [-0.39, 0.29) is 0 Å². The van der Waals surface area contributed by atoms with E-state index in [1.165, 1.54) is 18.4 Å². The summed E-state index contributed by atoms with van der Waals surface area (Å²) in [4.78, 5) is 2.46. The fraction of sp³-hybridized carbons (Fsp3) is 0.471. The van der Waals surface area contributed by atoms with Crippen LogP contribution in [0.5, 0.6) is 0 Å². The van der Waals surface area contributed by atoms with Crippen molar-refractivity contribution in [3.05, 3.63) is 35.4 Å². The van der Waals surface area contributed by atoms with Crippen LogP contribution in [-0.2, 0) is 11.3 Å². The Hall–Kier alpha value is -1.81. The lowest BCUT2D eigenvalue weighted by Gasteiger charge is -2.31. The summed E-state index contributed by atoms with van der Waals surface area (Å²) in [6.45, 7) is 4.37. The number of terminal acetylenes is 1. The molecule has 0 radical (unpaired) electrons. The third kappa shape index (κ3) is 4.38. The molecule has 1 heterocycles. The molecule has 0 bridgehead atoms. The maximum Gasteiger partial charge on any atom is 0.107 e. The van der Waals surface area contributed by atoms with E-state index < -0.39 is 0 Å². The highest BCUT2D eigenvalue weighted by Crippen LogP contribution is 2.19. The molecule has 1 fully saturated rings. The molecule has 0 aliphatic carbocycles. The molecular weight excluding hydrogens is 248 g/mol. The van der Waals surface area contributed by atoms with Crippen molar-refractivity contribution in [1.29, 1.82) is 5.26 Å². The van der Waals surface area contributed by atoms with Gasteiger partial charge >= 0.3 is 0 Å². The Morgan fingerprint density at radius 1 is 1.25 bits per heavy atom. The SMILES string of the molecule is C#CCOCC1CCN(Cc2ccc(C#N)cc2)CC1. The zero-order valence-corrected chi connectivity index (χ0v) is 11.7. The van der Waals surface area contributed by atoms with Gasteiger partial charge in [0.2, 0.25) is 0 Å². The molecule has 1 aromatic rings. The molecule has 0 N–H and O–H groups in total. The highest BCUT2D eigenvalue weighted by molar-refractivity contribution is 5.31. The molecule has 1 saturated heterocycles. The van der Waals surface area contributed by atoms with Crippen LogP contribution in [0.4, 0.5) is 0 Å². The van der Waals surface area contributed by atoms with Crippen molar-refractivity contribution in [2.75, 3.05) is 26.3 Å². The minimum atomic E-state index is 0.422. The maximum atomic E-state index is 8.78. The molecule has 104 valence electrons. The number of likely N-dealkylation sites (tertiary alicyclic amines) is 1. The van der Waals surface area contributed by atoms with Crippen molar-refractivity contribution in [3.8, 4) is 18.4 Å². The van der Waals surface area contributed by atoms with Crippen molar-refractivity contribution in [2.45, 2.75) is 19.4 Å². The quantitative estimate of drug-likeness (QED) is 0.608. The molecule has 0 spiro atoms. The molecule has 1 aliphatic heterocycles. The topological polar surface area (TPSA) is 36.3 Å². The molecule has 0 atom stereocenters. The van der Waals surface area contributed by atoms with Gasteiger partial charge in [-0.3, -0.25) is 4.90 Å². The molecule has 2 rings (SSSR count). The monoisotopic (exact) mass is 268 g/mol. The van der Waals surface area contributed by atoms with Gasteiger partial charge in [0.05, 0.1) is 18.2 Å². The van der Waals surface area contributed by atoms with E-state index in [0.717, 1.165) is 31.8 Å². The number of piperidine rings is 1. The molecule has 0 saturated carbocycles. The number of hydrogen-bond donors (Lipinski definition) is 0. The molecule has 3 heteroatoms. The molecule has 0 aromatic heterocycles. The fourth-order valence-corrected chi connectivity index (χ4v) is 2.54. The zero-order valence-electron chi connectivity index (χ0n) is 11.7. The molecule has 0 amide bonds. The number of benzene rings is 1. The van der Waals surface area contributed by atoms with E-state index in [2.05, 4.69) is 16.9 Å². The van der Waals surface area contributed by atoms with E-state index >= 15 is 0 Å². The minimum absolute atomic E-state index is 0.422. The van der Waals surface area contributed by atoms with Gasteiger partial charge in [0.15, 0.2) is 0 Å². The summed E-state index contributed by atoms with van der Waals surface area (Å²) < 4.78 is 5.42. The Morgan fingerprint density at radius 2 is 1.95 bits per heavy atom. The zero-order chi connectivity index (χ0) is 14.2. The first kappa shape index (κ1) is 14.6. The highest BCUT2D eigenvalue weighted by Gasteiger charge is 2.19. The summed E-state index contributed by atoms with van der Waals surface area (Å²) in [5.74, 6) is 3.14. The normalized spacial score (nSPS) is 16.5. The molecular formula is C17H20N2O. The predicted octanol–water partition coefficient (Wildman–Crippen LogP) is 2.42. The first-order chi connectivity index (χ1) is 9.81. The Kier molecular flexibility index (Phi) is 5.62. The minimum Gasteiger partial charge on any atom is -0.369 e. The van der Waals surface area contributed by atoms with Crippen molar-refractivity contribution in [1.82, 2.24) is 4.90 Å². The van der Waals surface area contributed by atoms with E-state index in [0.29, 0.717) is 12.5 Å². The summed E-state index contributed by atoms with van der Waals surface area (Å²) in [6, 6.07) is 10.0. The third-order valence-electron chi connectivity index (χ3n) is 3.74. The van der Waals surface area contributed by atoms with Gasteiger partial charge < -0.3 is 4.74 Å². The van der Waals surface area contributed by atoms with Gasteiger partial charge in [-0.2, -0.15) is 5.26 Å². The second-order valence-corrected chi connectivity index (χ2v) is 5.25. The van der Waals surface area contributed by atoms with Crippen LogP contribution in [0, 0.1) is 29.6 Å². The average Bonchev–Trinajstić information content (AvgIpc) is 2.50. The van der Waals surface area contributed by atoms with Gasteiger partial charge in [-0.05, 0) is 49.5 Å². The van der Waals surface area contributed by atoms with Crippen LogP contribution in [0.25, 0.3) is 0 Å². The largest absolute Gasteiger partial charge is 0.369 e. The third-order valence-corrected chi connectivity index (χ3v) is 3.74. The lowest BCUT2D eigenvalue weighted by molar-refractivity contribution is 0.0823.